The monoisotopic (exact) mass is 359 g/mol. The number of fused-ring (bicyclic) bond motifs is 1. The predicted molar refractivity (Wildman–Crippen MR) is 96.6 cm³/mol. The van der Waals surface area contributed by atoms with Crippen molar-refractivity contribution >= 4 is 17.9 Å². The van der Waals surface area contributed by atoms with E-state index in [-0.39, 0.29) is 31.4 Å². The molecule has 0 radical (unpaired) electrons. The van der Waals surface area contributed by atoms with Gasteiger partial charge < -0.3 is 9.64 Å². The first-order valence-electron chi connectivity index (χ1n) is 8.37. The number of ether oxygens (including phenoxy) is 1. The van der Waals surface area contributed by atoms with Crippen LogP contribution in [0, 0.1) is 0 Å². The summed E-state index contributed by atoms with van der Waals surface area (Å²) in [6.07, 6.45) is 0.544. The van der Waals surface area contributed by atoms with Gasteiger partial charge in [-0.25, -0.2) is 14.8 Å². The summed E-state index contributed by atoms with van der Waals surface area (Å²) in [6.45, 7) is 9.03. The zero-order chi connectivity index (χ0) is 19.5. The zero-order valence-electron chi connectivity index (χ0n) is 15.7. The number of nitrogens with zero attached hydrogens (tertiary/aromatic N) is 3. The van der Waals surface area contributed by atoms with Crippen LogP contribution in [0.3, 0.4) is 0 Å². The SMILES string of the molecule is C=CC(=O)N(C)CC(=O)N1Cc2ccccc2CN1C(=O)OC(C)(C)C. The van der Waals surface area contributed by atoms with Gasteiger partial charge in [-0.3, -0.25) is 9.59 Å². The number of carbonyl (C=O) groups excluding carboxylic acids is 3. The topological polar surface area (TPSA) is 70.2 Å². The highest BCUT2D eigenvalue weighted by molar-refractivity contribution is 5.91. The van der Waals surface area contributed by atoms with Crippen molar-refractivity contribution in [3.63, 3.8) is 0 Å². The summed E-state index contributed by atoms with van der Waals surface area (Å²) in [5.74, 6) is -0.734. The quantitative estimate of drug-likeness (QED) is 0.777. The molecule has 0 saturated heterocycles. The lowest BCUT2D eigenvalue weighted by Gasteiger charge is -2.40. The number of hydrazine groups is 1. The Kier molecular flexibility index (Phi) is 5.69. The summed E-state index contributed by atoms with van der Waals surface area (Å²) < 4.78 is 5.44. The second-order valence-corrected chi connectivity index (χ2v) is 7.16. The van der Waals surface area contributed by atoms with Crippen LogP contribution >= 0.6 is 0 Å². The molecule has 1 aliphatic heterocycles. The third-order valence-electron chi connectivity index (χ3n) is 3.87. The van der Waals surface area contributed by atoms with Crippen molar-refractivity contribution in [1.82, 2.24) is 14.9 Å². The fourth-order valence-electron chi connectivity index (χ4n) is 2.58. The molecule has 0 bridgehead atoms. The van der Waals surface area contributed by atoms with E-state index in [2.05, 4.69) is 6.58 Å². The highest BCUT2D eigenvalue weighted by Gasteiger charge is 2.34. The lowest BCUT2D eigenvalue weighted by molar-refractivity contribution is -0.154. The summed E-state index contributed by atoms with van der Waals surface area (Å²) in [5.41, 5.74) is 1.23. The molecule has 7 heteroatoms. The first-order valence-corrected chi connectivity index (χ1v) is 8.37. The van der Waals surface area contributed by atoms with Gasteiger partial charge in [-0.2, -0.15) is 0 Å². The zero-order valence-corrected chi connectivity index (χ0v) is 15.7. The molecular weight excluding hydrogens is 334 g/mol. The summed E-state index contributed by atoms with van der Waals surface area (Å²) >= 11 is 0. The number of hydrogen-bond donors (Lipinski definition) is 0. The number of rotatable bonds is 3. The summed E-state index contributed by atoms with van der Waals surface area (Å²) in [7, 11) is 1.51. The van der Waals surface area contributed by atoms with E-state index in [1.807, 2.05) is 24.3 Å². The lowest BCUT2D eigenvalue weighted by Crippen LogP contribution is -2.55. The van der Waals surface area contributed by atoms with Crippen molar-refractivity contribution in [1.29, 1.82) is 0 Å². The van der Waals surface area contributed by atoms with Gasteiger partial charge in [0.2, 0.25) is 5.91 Å². The predicted octanol–water partition coefficient (Wildman–Crippen LogP) is 2.33. The molecule has 0 aromatic heterocycles. The molecule has 0 saturated carbocycles. The molecule has 1 aromatic carbocycles. The second-order valence-electron chi connectivity index (χ2n) is 7.16. The van der Waals surface area contributed by atoms with Crippen LogP contribution in [-0.4, -0.2) is 52.0 Å². The van der Waals surface area contributed by atoms with E-state index in [4.69, 9.17) is 4.74 Å². The Balaban J connectivity index is 2.26. The molecule has 140 valence electrons. The maximum absolute atomic E-state index is 12.8. The molecule has 0 spiro atoms. The summed E-state index contributed by atoms with van der Waals surface area (Å²) in [4.78, 5) is 38.3. The molecule has 1 aliphatic rings. The van der Waals surface area contributed by atoms with Gasteiger partial charge in [-0.1, -0.05) is 30.8 Å². The number of likely N-dealkylation sites (N-methyl/N-ethyl adjacent to an activating group) is 1. The van der Waals surface area contributed by atoms with Gasteiger partial charge in [0.15, 0.2) is 0 Å². The van der Waals surface area contributed by atoms with E-state index in [0.29, 0.717) is 0 Å². The minimum atomic E-state index is -0.682. The normalized spacial score (nSPS) is 13.7. The van der Waals surface area contributed by atoms with E-state index >= 15 is 0 Å². The Labute approximate surface area is 153 Å². The number of hydrogen-bond acceptors (Lipinski definition) is 4. The van der Waals surface area contributed by atoms with E-state index in [9.17, 15) is 14.4 Å². The molecule has 7 nitrogen and oxygen atoms in total. The van der Waals surface area contributed by atoms with Crippen molar-refractivity contribution in [3.05, 3.63) is 48.0 Å². The third kappa shape index (κ3) is 4.62. The van der Waals surface area contributed by atoms with Gasteiger partial charge in [-0.05, 0) is 38.0 Å². The smallest absolute Gasteiger partial charge is 0.429 e. The van der Waals surface area contributed by atoms with Crippen LogP contribution in [0.2, 0.25) is 0 Å². The van der Waals surface area contributed by atoms with Gasteiger partial charge >= 0.3 is 6.09 Å². The molecular formula is C19H25N3O4. The highest BCUT2D eigenvalue weighted by Crippen LogP contribution is 2.24. The molecule has 0 atom stereocenters. The molecule has 0 N–H and O–H groups in total. The van der Waals surface area contributed by atoms with Crippen LogP contribution in [0.25, 0.3) is 0 Å². The Morgan fingerprint density at radius 2 is 1.69 bits per heavy atom. The van der Waals surface area contributed by atoms with E-state index in [1.165, 1.54) is 22.0 Å². The minimum Gasteiger partial charge on any atom is -0.442 e. The fraction of sp³-hybridized carbons (Fsp3) is 0.421. The molecule has 0 unspecified atom stereocenters. The number of amides is 3. The van der Waals surface area contributed by atoms with Crippen molar-refractivity contribution < 1.29 is 19.1 Å². The largest absolute Gasteiger partial charge is 0.442 e. The second kappa shape index (κ2) is 7.59. The van der Waals surface area contributed by atoms with Crippen molar-refractivity contribution in [3.8, 4) is 0 Å². The van der Waals surface area contributed by atoms with Crippen molar-refractivity contribution in [2.24, 2.45) is 0 Å². The van der Waals surface area contributed by atoms with Crippen LogP contribution in [0.15, 0.2) is 36.9 Å². The van der Waals surface area contributed by atoms with Crippen LogP contribution < -0.4 is 0 Å². The van der Waals surface area contributed by atoms with Gasteiger partial charge in [0.25, 0.3) is 5.91 Å². The van der Waals surface area contributed by atoms with Gasteiger partial charge in [0, 0.05) is 7.05 Å². The van der Waals surface area contributed by atoms with E-state index in [1.54, 1.807) is 20.8 Å². The first kappa shape index (κ1) is 19.5. The van der Waals surface area contributed by atoms with Crippen LogP contribution in [0.1, 0.15) is 31.9 Å². The minimum absolute atomic E-state index is 0.160. The molecule has 1 heterocycles. The number of carbonyl (C=O) groups is 3. The van der Waals surface area contributed by atoms with Gasteiger partial charge in [-0.15, -0.1) is 0 Å². The Morgan fingerprint density at radius 3 is 2.19 bits per heavy atom. The Hall–Kier alpha value is -2.83. The van der Waals surface area contributed by atoms with Crippen molar-refractivity contribution in [2.45, 2.75) is 39.5 Å². The molecule has 26 heavy (non-hydrogen) atoms. The van der Waals surface area contributed by atoms with Crippen LogP contribution in [-0.2, 0) is 27.4 Å². The average molecular weight is 359 g/mol. The summed E-state index contributed by atoms with van der Waals surface area (Å²) in [6, 6.07) is 7.61. The molecule has 2 rings (SSSR count). The first-order chi connectivity index (χ1) is 12.1. The standard InChI is InChI=1S/C19H25N3O4/c1-6-16(23)20(5)13-17(24)21-11-14-9-7-8-10-15(14)12-22(21)18(25)26-19(2,3)4/h6-10H,1,11-13H2,2-5H3. The Bertz CT molecular complexity index is 724. The van der Waals surface area contributed by atoms with Gasteiger partial charge in [0.05, 0.1) is 13.1 Å². The van der Waals surface area contributed by atoms with Gasteiger partial charge in [0.1, 0.15) is 12.1 Å². The molecule has 3 amide bonds. The maximum atomic E-state index is 12.8. The molecule has 0 fully saturated rings. The lowest BCUT2D eigenvalue weighted by atomic mass is 10.1. The van der Waals surface area contributed by atoms with Crippen molar-refractivity contribution in [2.75, 3.05) is 13.6 Å². The fourth-order valence-corrected chi connectivity index (χ4v) is 2.58. The third-order valence-corrected chi connectivity index (χ3v) is 3.87. The van der Waals surface area contributed by atoms with Crippen LogP contribution in [0.5, 0.6) is 0 Å². The Morgan fingerprint density at radius 1 is 1.15 bits per heavy atom. The highest BCUT2D eigenvalue weighted by atomic mass is 16.6. The number of benzene rings is 1. The maximum Gasteiger partial charge on any atom is 0.429 e. The average Bonchev–Trinajstić information content (AvgIpc) is 2.58. The van der Waals surface area contributed by atoms with E-state index in [0.717, 1.165) is 17.2 Å². The van der Waals surface area contributed by atoms with Crippen LogP contribution in [0.4, 0.5) is 4.79 Å². The molecule has 0 aliphatic carbocycles. The molecule has 1 aromatic rings. The summed E-state index contributed by atoms with van der Waals surface area (Å²) in [5, 5.41) is 2.63. The van der Waals surface area contributed by atoms with E-state index < -0.39 is 11.7 Å².